The number of hydrogen-bond acceptors (Lipinski definition) is 3. The van der Waals surface area contributed by atoms with Crippen LogP contribution in [-0.2, 0) is 0 Å². The largest absolute Gasteiger partial charge is 0.478 e. The van der Waals surface area contributed by atoms with Gasteiger partial charge in [0.25, 0.3) is 0 Å². The highest BCUT2D eigenvalue weighted by Crippen LogP contribution is 2.32. The number of nitrogen functional groups attached to an aromatic ring is 1. The Kier molecular flexibility index (Phi) is 4.20. The lowest BCUT2D eigenvalue weighted by Gasteiger charge is -2.12. The first-order valence-electron chi connectivity index (χ1n) is 5.74. The average molecular weight is 356 g/mol. The average Bonchev–Trinajstić information content (AvgIpc) is 2.35. The number of aryl methyl sites for hydroxylation is 1. The highest BCUT2D eigenvalue weighted by atomic mass is 79.9. The molecule has 0 aromatic heterocycles. The topological polar surface area (TPSA) is 75.3 Å². The fourth-order valence-electron chi connectivity index (χ4n) is 1.73. The van der Waals surface area contributed by atoms with Gasteiger partial charge in [-0.1, -0.05) is 11.6 Å². The summed E-state index contributed by atoms with van der Waals surface area (Å²) in [6, 6.07) is 8.38. The van der Waals surface area contributed by atoms with E-state index in [1.807, 2.05) is 13.0 Å². The van der Waals surface area contributed by atoms with E-state index in [1.165, 1.54) is 6.07 Å². The van der Waals surface area contributed by atoms with Crippen LogP contribution in [0.25, 0.3) is 0 Å². The number of aromatic carboxylic acids is 1. The van der Waals surface area contributed by atoms with Gasteiger partial charge in [-0.05, 0) is 58.7 Å². The van der Waals surface area contributed by atoms with Crippen molar-refractivity contribution < 1.29 is 9.90 Å². The van der Waals surface area contributed by atoms with E-state index in [9.17, 15) is 4.79 Å². The molecule has 2 aromatic rings. The number of rotatable bonds is 3. The maximum absolute atomic E-state index is 10.9. The fourth-order valence-corrected chi connectivity index (χ4v) is 2.45. The Bertz CT molecular complexity index is 689. The number of carboxylic acid groups (broad SMARTS) is 1. The number of halogens is 2. The summed E-state index contributed by atoms with van der Waals surface area (Å²) in [6.07, 6.45) is 0. The minimum Gasteiger partial charge on any atom is -0.478 e. The second-order valence-corrected chi connectivity index (χ2v) is 5.57. The number of nitrogens with two attached hydrogens (primary N) is 1. The quantitative estimate of drug-likeness (QED) is 0.712. The zero-order valence-corrected chi connectivity index (χ0v) is 12.9. The molecule has 0 atom stereocenters. The molecule has 6 heteroatoms. The maximum Gasteiger partial charge on any atom is 0.337 e. The first-order chi connectivity index (χ1) is 9.38. The molecular weight excluding hydrogens is 344 g/mol. The van der Waals surface area contributed by atoms with Crippen molar-refractivity contribution in [3.8, 4) is 0 Å². The molecule has 0 amide bonds. The second-order valence-electron chi connectivity index (χ2n) is 4.31. The molecule has 4 nitrogen and oxygen atoms in total. The van der Waals surface area contributed by atoms with Crippen molar-refractivity contribution in [2.24, 2.45) is 0 Å². The first kappa shape index (κ1) is 14.7. The molecule has 20 heavy (non-hydrogen) atoms. The Morgan fingerprint density at radius 3 is 2.65 bits per heavy atom. The molecule has 0 unspecified atom stereocenters. The Hall–Kier alpha value is -1.72. The van der Waals surface area contributed by atoms with E-state index >= 15 is 0 Å². The van der Waals surface area contributed by atoms with Gasteiger partial charge in [-0.3, -0.25) is 0 Å². The van der Waals surface area contributed by atoms with E-state index in [-0.39, 0.29) is 11.3 Å². The van der Waals surface area contributed by atoms with Gasteiger partial charge >= 0.3 is 5.97 Å². The fraction of sp³-hybridized carbons (Fsp3) is 0.0714. The van der Waals surface area contributed by atoms with Gasteiger partial charge < -0.3 is 16.2 Å². The third kappa shape index (κ3) is 3.05. The number of hydrogen-bond donors (Lipinski definition) is 3. The highest BCUT2D eigenvalue weighted by Gasteiger charge is 2.09. The van der Waals surface area contributed by atoms with Crippen LogP contribution >= 0.6 is 27.5 Å². The van der Waals surface area contributed by atoms with E-state index in [2.05, 4.69) is 21.2 Å². The number of carboxylic acids is 1. The van der Waals surface area contributed by atoms with Crippen LogP contribution in [0.5, 0.6) is 0 Å². The van der Waals surface area contributed by atoms with Gasteiger partial charge in [-0.2, -0.15) is 0 Å². The summed E-state index contributed by atoms with van der Waals surface area (Å²) >= 11 is 9.54. The number of anilines is 3. The van der Waals surface area contributed by atoms with E-state index in [1.54, 1.807) is 18.2 Å². The Morgan fingerprint density at radius 1 is 1.35 bits per heavy atom. The number of benzene rings is 2. The molecule has 104 valence electrons. The van der Waals surface area contributed by atoms with Gasteiger partial charge in [0.05, 0.1) is 11.3 Å². The zero-order chi connectivity index (χ0) is 14.9. The highest BCUT2D eigenvalue weighted by molar-refractivity contribution is 9.10. The van der Waals surface area contributed by atoms with Crippen LogP contribution < -0.4 is 11.1 Å². The minimum atomic E-state index is -1.05. The Morgan fingerprint density at radius 2 is 2.05 bits per heavy atom. The molecule has 0 spiro atoms. The van der Waals surface area contributed by atoms with Crippen LogP contribution in [0.2, 0.25) is 5.02 Å². The molecule has 0 aliphatic rings. The first-order valence-corrected chi connectivity index (χ1v) is 6.91. The van der Waals surface area contributed by atoms with Crippen LogP contribution in [-0.4, -0.2) is 11.1 Å². The van der Waals surface area contributed by atoms with Crippen molar-refractivity contribution in [3.05, 3.63) is 51.0 Å². The van der Waals surface area contributed by atoms with E-state index in [0.29, 0.717) is 10.7 Å². The zero-order valence-electron chi connectivity index (χ0n) is 10.6. The van der Waals surface area contributed by atoms with E-state index in [4.69, 9.17) is 22.4 Å². The molecule has 0 heterocycles. The molecule has 0 fully saturated rings. The molecule has 2 aromatic carbocycles. The van der Waals surface area contributed by atoms with Gasteiger partial charge in [0, 0.05) is 20.9 Å². The van der Waals surface area contributed by atoms with Crippen LogP contribution in [0.3, 0.4) is 0 Å². The summed E-state index contributed by atoms with van der Waals surface area (Å²) in [5.41, 5.74) is 8.43. The molecular formula is C14H12BrClN2O2. The molecule has 0 radical (unpaired) electrons. The molecule has 2 rings (SSSR count). The van der Waals surface area contributed by atoms with Crippen molar-refractivity contribution in [1.82, 2.24) is 0 Å². The minimum absolute atomic E-state index is 0.0801. The molecule has 0 bridgehead atoms. The lowest BCUT2D eigenvalue weighted by atomic mass is 10.1. The van der Waals surface area contributed by atoms with Crippen molar-refractivity contribution in [2.75, 3.05) is 11.1 Å². The third-order valence-corrected chi connectivity index (χ3v) is 3.87. The smallest absolute Gasteiger partial charge is 0.337 e. The van der Waals surface area contributed by atoms with E-state index in [0.717, 1.165) is 15.7 Å². The van der Waals surface area contributed by atoms with Gasteiger partial charge in [-0.15, -0.1) is 0 Å². The molecule has 0 aliphatic carbocycles. The predicted molar refractivity (Wildman–Crippen MR) is 85.0 cm³/mol. The normalized spacial score (nSPS) is 10.3. The van der Waals surface area contributed by atoms with Gasteiger partial charge in [0.15, 0.2) is 0 Å². The van der Waals surface area contributed by atoms with Gasteiger partial charge in [-0.25, -0.2) is 4.79 Å². The summed E-state index contributed by atoms with van der Waals surface area (Å²) < 4.78 is 0.861. The van der Waals surface area contributed by atoms with Crippen molar-refractivity contribution in [3.63, 3.8) is 0 Å². The molecule has 0 saturated heterocycles. The van der Waals surface area contributed by atoms with Crippen LogP contribution in [0.1, 0.15) is 15.9 Å². The second kappa shape index (κ2) is 5.73. The maximum atomic E-state index is 10.9. The predicted octanol–water partition coefficient (Wildman–Crippen LogP) is 4.43. The lowest BCUT2D eigenvalue weighted by Crippen LogP contribution is -2.03. The molecule has 0 aliphatic heterocycles. The standard InChI is InChI=1S/C14H12BrClN2O2/c1-7-4-10(15)13(6-11(7)16)18-8-2-3-9(14(19)20)12(17)5-8/h2-6,18H,17H2,1H3,(H,19,20). The number of nitrogens with one attached hydrogen (secondary N) is 1. The summed E-state index contributed by atoms with van der Waals surface area (Å²) in [4.78, 5) is 10.9. The Balaban J connectivity index is 2.33. The number of carbonyl (C=O) groups is 1. The van der Waals surface area contributed by atoms with Crippen molar-refractivity contribution >= 4 is 50.6 Å². The summed E-state index contributed by atoms with van der Waals surface area (Å²) in [5.74, 6) is -1.05. The summed E-state index contributed by atoms with van der Waals surface area (Å²) in [6.45, 7) is 1.91. The van der Waals surface area contributed by atoms with Crippen molar-refractivity contribution in [1.29, 1.82) is 0 Å². The summed E-state index contributed by atoms with van der Waals surface area (Å²) in [7, 11) is 0. The summed E-state index contributed by atoms with van der Waals surface area (Å²) in [5, 5.41) is 12.7. The molecule has 4 N–H and O–H groups in total. The van der Waals surface area contributed by atoms with Crippen LogP contribution in [0.15, 0.2) is 34.8 Å². The van der Waals surface area contributed by atoms with Crippen LogP contribution in [0, 0.1) is 6.92 Å². The Labute approximate surface area is 129 Å². The third-order valence-electron chi connectivity index (χ3n) is 2.81. The van der Waals surface area contributed by atoms with Gasteiger partial charge in [0.1, 0.15) is 0 Å². The van der Waals surface area contributed by atoms with Crippen LogP contribution in [0.4, 0.5) is 17.1 Å². The van der Waals surface area contributed by atoms with E-state index < -0.39 is 5.97 Å². The molecule has 0 saturated carbocycles. The monoisotopic (exact) mass is 354 g/mol. The van der Waals surface area contributed by atoms with Gasteiger partial charge in [0.2, 0.25) is 0 Å². The SMILES string of the molecule is Cc1cc(Br)c(Nc2ccc(C(=O)O)c(N)c2)cc1Cl. The van der Waals surface area contributed by atoms with Crippen molar-refractivity contribution in [2.45, 2.75) is 6.92 Å². The lowest BCUT2D eigenvalue weighted by molar-refractivity contribution is 0.0698.